The fraction of sp³-hybridized carbons (Fsp3) is 0.300. The molecule has 0 spiro atoms. The molecule has 1 aromatic heterocycles. The van der Waals surface area contributed by atoms with Gasteiger partial charge in [0.05, 0.1) is 30.1 Å². The number of hydrogen-bond donors (Lipinski definition) is 2. The highest BCUT2D eigenvalue weighted by atomic mass is 32.1. The molecule has 2 atom stereocenters. The average molecular weight is 370 g/mol. The van der Waals surface area contributed by atoms with Crippen molar-refractivity contribution in [1.29, 1.82) is 0 Å². The summed E-state index contributed by atoms with van der Waals surface area (Å²) in [5.41, 5.74) is 2.80. The Morgan fingerprint density at radius 2 is 2.08 bits per heavy atom. The zero-order valence-corrected chi connectivity index (χ0v) is 16.3. The minimum absolute atomic E-state index is 0.0423. The number of benzene rings is 2. The lowest BCUT2D eigenvalue weighted by atomic mass is 10.2. The third-order valence-corrected chi connectivity index (χ3v) is 5.71. The molecule has 0 aliphatic rings. The minimum atomic E-state index is -0.0423. The summed E-state index contributed by atoms with van der Waals surface area (Å²) in [7, 11) is 3.62. The highest BCUT2D eigenvalue weighted by molar-refractivity contribution is 7.18. The number of hydrogen-bond acceptors (Lipinski definition) is 4. The molecule has 0 radical (unpaired) electrons. The molecule has 0 saturated carbocycles. The molecule has 2 N–H and O–H groups in total. The van der Waals surface area contributed by atoms with Gasteiger partial charge in [0, 0.05) is 0 Å². The number of nitrogens with zero attached hydrogens (tertiary/aromatic N) is 1. The van der Waals surface area contributed by atoms with Crippen LogP contribution in [0.4, 0.5) is 5.69 Å². The number of aromatic nitrogens is 1. The van der Waals surface area contributed by atoms with Gasteiger partial charge in [-0.1, -0.05) is 18.2 Å². The Balaban J connectivity index is 1.68. The number of aryl methyl sites for hydroxylation is 1. The van der Waals surface area contributed by atoms with E-state index in [9.17, 15) is 4.79 Å². The van der Waals surface area contributed by atoms with Crippen molar-refractivity contribution in [3.05, 3.63) is 53.0 Å². The van der Waals surface area contributed by atoms with Crippen molar-refractivity contribution < 1.29 is 14.4 Å². The summed E-state index contributed by atoms with van der Waals surface area (Å²) in [6.07, 6.45) is 0. The first-order valence-electron chi connectivity index (χ1n) is 8.60. The van der Waals surface area contributed by atoms with Gasteiger partial charge in [-0.15, -0.1) is 11.3 Å². The van der Waals surface area contributed by atoms with Gasteiger partial charge in [-0.05, 0) is 43.7 Å². The van der Waals surface area contributed by atoms with Crippen LogP contribution in [0, 0.1) is 6.92 Å². The van der Waals surface area contributed by atoms with Crippen LogP contribution in [0.2, 0.25) is 0 Å². The summed E-state index contributed by atoms with van der Waals surface area (Å²) >= 11 is 1.69. The smallest absolute Gasteiger partial charge is 0.279 e. The van der Waals surface area contributed by atoms with E-state index in [-0.39, 0.29) is 11.9 Å². The molecular weight excluding hydrogens is 346 g/mol. The van der Waals surface area contributed by atoms with Crippen molar-refractivity contribution in [3.63, 3.8) is 0 Å². The molecule has 6 heteroatoms. The highest BCUT2D eigenvalue weighted by Crippen LogP contribution is 2.26. The first kappa shape index (κ1) is 18.4. The van der Waals surface area contributed by atoms with Gasteiger partial charge >= 0.3 is 0 Å². The van der Waals surface area contributed by atoms with E-state index in [1.54, 1.807) is 18.4 Å². The van der Waals surface area contributed by atoms with Crippen molar-refractivity contribution in [3.8, 4) is 5.75 Å². The van der Waals surface area contributed by atoms with Gasteiger partial charge in [0.1, 0.15) is 11.8 Å². The normalized spacial score (nSPS) is 13.4. The minimum Gasteiger partial charge on any atom is -0.495 e. The summed E-state index contributed by atoms with van der Waals surface area (Å²) in [5, 5.41) is 4.01. The van der Waals surface area contributed by atoms with Gasteiger partial charge in [-0.25, -0.2) is 4.98 Å². The van der Waals surface area contributed by atoms with E-state index in [0.29, 0.717) is 18.0 Å². The summed E-state index contributed by atoms with van der Waals surface area (Å²) in [5.74, 6) is 0.625. The molecule has 0 saturated heterocycles. The number of methoxy groups -OCH3 is 1. The maximum atomic E-state index is 12.5. The van der Waals surface area contributed by atoms with E-state index in [4.69, 9.17) is 9.72 Å². The Labute approximate surface area is 157 Å². The Bertz CT molecular complexity index is 889. The second kappa shape index (κ2) is 7.85. The van der Waals surface area contributed by atoms with Crippen LogP contribution in [0.1, 0.15) is 23.5 Å². The van der Waals surface area contributed by atoms with Gasteiger partial charge in [-0.3, -0.25) is 4.79 Å². The Hall–Kier alpha value is -2.44. The van der Waals surface area contributed by atoms with Crippen LogP contribution in [0.3, 0.4) is 0 Å². The van der Waals surface area contributed by atoms with Gasteiger partial charge < -0.3 is 15.0 Å². The van der Waals surface area contributed by atoms with Gasteiger partial charge in [0.2, 0.25) is 0 Å². The Morgan fingerprint density at radius 3 is 2.81 bits per heavy atom. The number of para-hydroxylation sites is 1. The monoisotopic (exact) mass is 370 g/mol. The molecule has 136 valence electrons. The van der Waals surface area contributed by atoms with Crippen molar-refractivity contribution in [1.82, 2.24) is 4.98 Å². The Morgan fingerprint density at radius 1 is 1.31 bits per heavy atom. The molecule has 3 rings (SSSR count). The van der Waals surface area contributed by atoms with Crippen LogP contribution in [-0.4, -0.2) is 31.6 Å². The maximum absolute atomic E-state index is 12.5. The van der Waals surface area contributed by atoms with E-state index in [1.165, 1.54) is 4.70 Å². The zero-order chi connectivity index (χ0) is 18.7. The second-order valence-corrected chi connectivity index (χ2v) is 7.58. The van der Waals surface area contributed by atoms with Gasteiger partial charge in [-0.2, -0.15) is 0 Å². The fourth-order valence-electron chi connectivity index (χ4n) is 2.81. The third-order valence-electron chi connectivity index (χ3n) is 4.49. The number of carbonyl (C=O) groups is 1. The maximum Gasteiger partial charge on any atom is 0.279 e. The predicted molar refractivity (Wildman–Crippen MR) is 106 cm³/mol. The van der Waals surface area contributed by atoms with E-state index in [2.05, 4.69) is 18.3 Å². The molecule has 26 heavy (non-hydrogen) atoms. The zero-order valence-electron chi connectivity index (χ0n) is 15.5. The summed E-state index contributed by atoms with van der Waals surface area (Å²) < 4.78 is 6.50. The lowest BCUT2D eigenvalue weighted by Gasteiger charge is -2.20. The molecule has 2 aromatic carbocycles. The van der Waals surface area contributed by atoms with Crippen LogP contribution < -0.4 is 15.0 Å². The topological polar surface area (TPSA) is 55.7 Å². The number of nitrogens with one attached hydrogen (secondary N) is 2. The highest BCUT2D eigenvalue weighted by Gasteiger charge is 2.22. The van der Waals surface area contributed by atoms with Crippen LogP contribution in [0.25, 0.3) is 10.2 Å². The lowest BCUT2D eigenvalue weighted by molar-refractivity contribution is -0.902. The average Bonchev–Trinajstić information content (AvgIpc) is 3.05. The number of thiazole rings is 1. The SMILES string of the molecule is COc1ccc(C)cc1NC(=O)C[NH+](C)[C@@H](C)c1nc2ccccc2s1. The molecule has 1 unspecified atom stereocenters. The van der Waals surface area contributed by atoms with E-state index in [0.717, 1.165) is 21.0 Å². The summed E-state index contributed by atoms with van der Waals surface area (Å²) in [6, 6.07) is 14.0. The number of amides is 1. The molecule has 1 amide bonds. The van der Waals surface area contributed by atoms with Crippen molar-refractivity contribution in [2.45, 2.75) is 19.9 Å². The number of quaternary nitrogens is 1. The third kappa shape index (κ3) is 4.03. The van der Waals surface area contributed by atoms with Crippen LogP contribution in [0.15, 0.2) is 42.5 Å². The molecule has 0 aliphatic carbocycles. The molecule has 0 fully saturated rings. The molecular formula is C20H24N3O2S+. The molecule has 1 heterocycles. The summed E-state index contributed by atoms with van der Waals surface area (Å²) in [4.78, 5) is 18.3. The molecule has 5 nitrogen and oxygen atoms in total. The fourth-order valence-corrected chi connectivity index (χ4v) is 3.92. The second-order valence-electron chi connectivity index (χ2n) is 6.52. The lowest BCUT2D eigenvalue weighted by Crippen LogP contribution is -3.10. The number of rotatable bonds is 6. The number of likely N-dealkylation sites (N-methyl/N-ethyl adjacent to an activating group) is 1. The van der Waals surface area contributed by atoms with Gasteiger partial charge in [0.25, 0.3) is 5.91 Å². The van der Waals surface area contributed by atoms with Crippen molar-refractivity contribution >= 4 is 33.1 Å². The number of fused-ring (bicyclic) bond motifs is 1. The molecule has 0 bridgehead atoms. The van der Waals surface area contributed by atoms with Crippen LogP contribution >= 0.6 is 11.3 Å². The van der Waals surface area contributed by atoms with Crippen molar-refractivity contribution in [2.75, 3.05) is 26.0 Å². The van der Waals surface area contributed by atoms with E-state index in [1.807, 2.05) is 50.4 Å². The molecule has 0 aliphatic heterocycles. The summed E-state index contributed by atoms with van der Waals surface area (Å²) in [6.45, 7) is 4.45. The quantitative estimate of drug-likeness (QED) is 0.702. The van der Waals surface area contributed by atoms with Crippen LogP contribution in [0.5, 0.6) is 5.75 Å². The van der Waals surface area contributed by atoms with E-state index < -0.39 is 0 Å². The van der Waals surface area contributed by atoms with Crippen molar-refractivity contribution in [2.24, 2.45) is 0 Å². The first-order chi connectivity index (χ1) is 12.5. The Kier molecular flexibility index (Phi) is 5.54. The van der Waals surface area contributed by atoms with E-state index >= 15 is 0 Å². The largest absolute Gasteiger partial charge is 0.495 e. The number of anilines is 1. The molecule has 3 aromatic rings. The van der Waals surface area contributed by atoms with Crippen LogP contribution in [-0.2, 0) is 4.79 Å². The number of carbonyl (C=O) groups excluding carboxylic acids is 1. The first-order valence-corrected chi connectivity index (χ1v) is 9.42. The van der Waals surface area contributed by atoms with Gasteiger partial charge in [0.15, 0.2) is 11.6 Å². The number of ether oxygens (including phenoxy) is 1. The standard InChI is InChI=1S/C20H23N3O2S/c1-13-9-10-17(25-4)16(11-13)21-19(24)12-23(3)14(2)20-22-15-7-5-6-8-18(15)26-20/h5-11,14H,12H2,1-4H3,(H,21,24)/p+1/t14-/m0/s1. The predicted octanol–water partition coefficient (Wildman–Crippen LogP) is 2.83.